The van der Waals surface area contributed by atoms with Gasteiger partial charge >= 0.3 is 0 Å². The minimum absolute atomic E-state index is 0.988. The minimum atomic E-state index is 0.988. The lowest BCUT2D eigenvalue weighted by atomic mass is 9.97. The van der Waals surface area contributed by atoms with Crippen LogP contribution in [-0.2, 0) is 0 Å². The highest BCUT2D eigenvalue weighted by atomic mass is 14.1. The molecule has 0 nitrogen and oxygen atoms in total. The fourth-order valence-corrected chi connectivity index (χ4v) is 3.69. The highest BCUT2D eigenvalue weighted by Crippen LogP contribution is 2.24. The number of hydrogen-bond donors (Lipinski definition) is 0. The molecule has 0 radical (unpaired) electrons. The van der Waals surface area contributed by atoms with Crippen LogP contribution >= 0.6 is 0 Å². The van der Waals surface area contributed by atoms with E-state index >= 15 is 0 Å². The van der Waals surface area contributed by atoms with Gasteiger partial charge in [0.2, 0.25) is 0 Å². The van der Waals surface area contributed by atoms with E-state index < -0.39 is 0 Å². The molecule has 0 atom stereocenters. The third-order valence-electron chi connectivity index (χ3n) is 5.80. The summed E-state index contributed by atoms with van der Waals surface area (Å²) in [5.41, 5.74) is 24.3. The van der Waals surface area contributed by atoms with Crippen molar-refractivity contribution in [3.63, 3.8) is 0 Å². The van der Waals surface area contributed by atoms with Crippen molar-refractivity contribution < 1.29 is 0 Å². The van der Waals surface area contributed by atoms with Gasteiger partial charge in [0.15, 0.2) is 0 Å². The molecule has 0 N–H and O–H groups in total. The molecule has 0 fully saturated rings. The largest absolute Gasteiger partial charge is 0.0587 e. The normalized spacial score (nSPS) is 9.88. The highest BCUT2D eigenvalue weighted by molar-refractivity contribution is 5.80. The first-order chi connectivity index (χ1) is 16.5. The van der Waals surface area contributed by atoms with Crippen LogP contribution in [-0.4, -0.2) is 0 Å². The average molecular weight is 437 g/mol. The van der Waals surface area contributed by atoms with Gasteiger partial charge in [-0.25, -0.2) is 0 Å². The van der Waals surface area contributed by atoms with E-state index in [1.807, 2.05) is 0 Å². The SMILES string of the molecule is Cc1ccc(C(=C=C=C=C=C(c2ccc(C)cc2)c2ccc(C)cc2)c2ccc(C)cc2)cc1. The molecule has 0 unspecified atom stereocenters. The van der Waals surface area contributed by atoms with Crippen LogP contribution in [0.2, 0.25) is 0 Å². The zero-order chi connectivity index (χ0) is 23.9. The summed E-state index contributed by atoms with van der Waals surface area (Å²) in [5.74, 6) is 0. The number of aryl methyl sites for hydroxylation is 4. The van der Waals surface area contributed by atoms with Gasteiger partial charge in [-0.05, 0) is 61.4 Å². The summed E-state index contributed by atoms with van der Waals surface area (Å²) in [6, 6.07) is 34.0. The van der Waals surface area contributed by atoms with E-state index in [0.29, 0.717) is 0 Å². The van der Waals surface area contributed by atoms with Crippen LogP contribution in [0, 0.1) is 27.7 Å². The predicted octanol–water partition coefficient (Wildman–Crippen LogP) is 8.55. The Balaban J connectivity index is 1.94. The first-order valence-corrected chi connectivity index (χ1v) is 11.5. The fourth-order valence-electron chi connectivity index (χ4n) is 3.69. The van der Waals surface area contributed by atoms with Gasteiger partial charge in [-0.2, -0.15) is 0 Å². The molecule has 0 aliphatic carbocycles. The maximum atomic E-state index is 3.35. The molecule has 0 aliphatic rings. The van der Waals surface area contributed by atoms with Crippen molar-refractivity contribution in [2.45, 2.75) is 27.7 Å². The Morgan fingerprint density at radius 3 is 0.765 bits per heavy atom. The highest BCUT2D eigenvalue weighted by Gasteiger charge is 2.05. The van der Waals surface area contributed by atoms with Crippen LogP contribution in [0.4, 0.5) is 0 Å². The van der Waals surface area contributed by atoms with Crippen molar-refractivity contribution >= 4 is 11.1 Å². The molecule has 0 aliphatic heterocycles. The summed E-state index contributed by atoms with van der Waals surface area (Å²) in [6.07, 6.45) is 0. The van der Waals surface area contributed by atoms with E-state index in [2.05, 4.69) is 148 Å². The molecule has 0 saturated carbocycles. The summed E-state index contributed by atoms with van der Waals surface area (Å²) in [4.78, 5) is 0. The molecule has 4 aromatic rings. The molecule has 34 heavy (non-hydrogen) atoms. The summed E-state index contributed by atoms with van der Waals surface area (Å²) in [6.45, 7) is 8.39. The maximum absolute atomic E-state index is 3.35. The second-order valence-electron chi connectivity index (χ2n) is 8.71. The lowest BCUT2D eigenvalue weighted by Crippen LogP contribution is -1.87. The van der Waals surface area contributed by atoms with Gasteiger partial charge in [-0.1, -0.05) is 131 Å². The summed E-state index contributed by atoms with van der Waals surface area (Å²) >= 11 is 0. The van der Waals surface area contributed by atoms with Crippen molar-refractivity contribution in [1.29, 1.82) is 0 Å². The Bertz CT molecular complexity index is 1240. The van der Waals surface area contributed by atoms with Gasteiger partial charge < -0.3 is 0 Å². The van der Waals surface area contributed by atoms with Crippen LogP contribution in [0.5, 0.6) is 0 Å². The molecule has 164 valence electrons. The van der Waals surface area contributed by atoms with Gasteiger partial charge in [-0.3, -0.25) is 0 Å². The molecular weight excluding hydrogens is 408 g/mol. The molecule has 0 amide bonds. The van der Waals surface area contributed by atoms with Crippen molar-refractivity contribution in [2.75, 3.05) is 0 Å². The smallest absolute Gasteiger partial charge is 0.0400 e. The van der Waals surface area contributed by atoms with E-state index in [9.17, 15) is 0 Å². The van der Waals surface area contributed by atoms with Gasteiger partial charge in [0.1, 0.15) is 0 Å². The monoisotopic (exact) mass is 436 g/mol. The van der Waals surface area contributed by atoms with E-state index in [1.54, 1.807) is 0 Å². The topological polar surface area (TPSA) is 0 Å². The minimum Gasteiger partial charge on any atom is -0.0587 e. The van der Waals surface area contributed by atoms with Crippen LogP contribution in [0.3, 0.4) is 0 Å². The summed E-state index contributed by atoms with van der Waals surface area (Å²) in [7, 11) is 0. The molecule has 0 heteroatoms. The standard InChI is InChI=1S/C34H28/c1-25-9-17-29(18-10-25)33(30-19-11-26(2)12-20-30)7-5-6-8-34(31-21-13-27(3)14-22-31)32-23-15-28(4)16-24-32/h9-24H,1-4H3. The first kappa shape index (κ1) is 22.9. The zero-order valence-electron chi connectivity index (χ0n) is 20.2. The van der Waals surface area contributed by atoms with Gasteiger partial charge in [0.05, 0.1) is 0 Å². The van der Waals surface area contributed by atoms with E-state index in [1.165, 1.54) is 22.3 Å². The zero-order valence-corrected chi connectivity index (χ0v) is 20.2. The Labute approximate surface area is 203 Å². The number of rotatable bonds is 4. The van der Waals surface area contributed by atoms with Crippen molar-refractivity contribution in [1.82, 2.24) is 0 Å². The first-order valence-electron chi connectivity index (χ1n) is 11.5. The summed E-state index contributed by atoms with van der Waals surface area (Å²) < 4.78 is 0. The quantitative estimate of drug-likeness (QED) is 0.281. The molecule has 0 bridgehead atoms. The average Bonchev–Trinajstić information content (AvgIpc) is 2.85. The van der Waals surface area contributed by atoms with E-state index in [0.717, 1.165) is 33.4 Å². The molecule has 0 aromatic heterocycles. The molecule has 0 saturated heterocycles. The lowest BCUT2D eigenvalue weighted by molar-refractivity contribution is 1.43. The van der Waals surface area contributed by atoms with Gasteiger partial charge in [-0.15, -0.1) is 0 Å². The molecular formula is C34H28. The second kappa shape index (κ2) is 10.6. The number of hydrogen-bond acceptors (Lipinski definition) is 0. The van der Waals surface area contributed by atoms with Crippen molar-refractivity contribution in [3.8, 4) is 0 Å². The Morgan fingerprint density at radius 2 is 0.559 bits per heavy atom. The third kappa shape index (κ3) is 5.75. The Hall–Kier alpha value is -4.26. The molecule has 0 heterocycles. The van der Waals surface area contributed by atoms with Gasteiger partial charge in [0.25, 0.3) is 0 Å². The van der Waals surface area contributed by atoms with Crippen LogP contribution in [0.25, 0.3) is 11.1 Å². The van der Waals surface area contributed by atoms with Crippen LogP contribution in [0.1, 0.15) is 44.5 Å². The van der Waals surface area contributed by atoms with Crippen molar-refractivity contribution in [2.24, 2.45) is 0 Å². The van der Waals surface area contributed by atoms with E-state index in [-0.39, 0.29) is 0 Å². The van der Waals surface area contributed by atoms with E-state index in [4.69, 9.17) is 0 Å². The molecule has 4 rings (SSSR count). The fraction of sp³-hybridized carbons (Fsp3) is 0.118. The predicted molar refractivity (Wildman–Crippen MR) is 144 cm³/mol. The maximum Gasteiger partial charge on any atom is 0.0400 e. The third-order valence-corrected chi connectivity index (χ3v) is 5.80. The molecule has 0 spiro atoms. The van der Waals surface area contributed by atoms with Crippen LogP contribution in [0.15, 0.2) is 120 Å². The second-order valence-corrected chi connectivity index (χ2v) is 8.71. The van der Waals surface area contributed by atoms with Gasteiger partial charge in [0, 0.05) is 11.1 Å². The lowest BCUT2D eigenvalue weighted by Gasteiger charge is -2.06. The van der Waals surface area contributed by atoms with Crippen molar-refractivity contribution in [3.05, 3.63) is 164 Å². The number of benzene rings is 4. The van der Waals surface area contributed by atoms with Crippen LogP contribution < -0.4 is 0 Å². The summed E-state index contributed by atoms with van der Waals surface area (Å²) in [5, 5.41) is 0. The Kier molecular flexibility index (Phi) is 7.13. The molecule has 4 aromatic carbocycles. The Morgan fingerprint density at radius 1 is 0.353 bits per heavy atom.